The van der Waals surface area contributed by atoms with Crippen molar-refractivity contribution in [2.24, 2.45) is 0 Å². The van der Waals surface area contributed by atoms with Crippen LogP contribution in [-0.2, 0) is 14.4 Å². The van der Waals surface area contributed by atoms with Crippen LogP contribution in [0.15, 0.2) is 108 Å². The summed E-state index contributed by atoms with van der Waals surface area (Å²) in [5, 5.41) is 15.1. The van der Waals surface area contributed by atoms with Gasteiger partial charge in [0, 0.05) is 61.9 Å². The minimum Gasteiger partial charge on any atom is -0.494 e. The van der Waals surface area contributed by atoms with Crippen molar-refractivity contribution in [2.45, 2.75) is 37.6 Å². The van der Waals surface area contributed by atoms with Crippen LogP contribution in [0.25, 0.3) is 0 Å². The van der Waals surface area contributed by atoms with Gasteiger partial charge in [-0.3, -0.25) is 29.4 Å². The number of piperazine rings is 1. The average Bonchev–Trinajstić information content (AvgIpc) is 3.29. The second kappa shape index (κ2) is 19.5. The number of methoxy groups -OCH3 is 1. The number of nitrogens with one attached hydrogen (secondary N) is 5. The Morgan fingerprint density at radius 2 is 1.56 bits per heavy atom. The molecule has 62 heavy (non-hydrogen) atoms. The fourth-order valence-electron chi connectivity index (χ4n) is 8.07. The summed E-state index contributed by atoms with van der Waals surface area (Å²) in [7, 11) is 1.62. The molecule has 0 bridgehead atoms. The van der Waals surface area contributed by atoms with Gasteiger partial charge in [-0.1, -0.05) is 42.5 Å². The maximum Gasteiger partial charge on any atom is 0.257 e. The first-order valence-electron chi connectivity index (χ1n) is 20.8. The largest absolute Gasteiger partial charge is 0.494 e. The van der Waals surface area contributed by atoms with Crippen LogP contribution in [-0.4, -0.2) is 102 Å². The van der Waals surface area contributed by atoms with Crippen molar-refractivity contribution in [1.82, 2.24) is 25.1 Å². The first kappa shape index (κ1) is 42.2. The molecule has 1 atom stereocenters. The van der Waals surface area contributed by atoms with Crippen LogP contribution in [0.1, 0.15) is 47.5 Å². The van der Waals surface area contributed by atoms with E-state index in [0.717, 1.165) is 37.3 Å². The van der Waals surface area contributed by atoms with E-state index in [1.807, 2.05) is 83.8 Å². The lowest BCUT2D eigenvalue weighted by molar-refractivity contribution is -0.134. The van der Waals surface area contributed by atoms with Gasteiger partial charge in [0.15, 0.2) is 0 Å². The van der Waals surface area contributed by atoms with E-state index in [4.69, 9.17) is 9.72 Å². The molecule has 5 aromatic rings. The first-order chi connectivity index (χ1) is 30.2. The molecule has 0 aliphatic carbocycles. The zero-order chi connectivity index (χ0) is 43.0. The van der Waals surface area contributed by atoms with Crippen molar-refractivity contribution in [3.63, 3.8) is 0 Å². The molecule has 1 aromatic heterocycles. The van der Waals surface area contributed by atoms with E-state index in [2.05, 4.69) is 69.4 Å². The van der Waals surface area contributed by atoms with Gasteiger partial charge in [-0.25, -0.2) is 4.98 Å². The van der Waals surface area contributed by atoms with Crippen molar-refractivity contribution in [2.75, 3.05) is 79.1 Å². The average molecular weight is 902 g/mol. The molecule has 4 aromatic carbocycles. The van der Waals surface area contributed by atoms with Crippen LogP contribution < -0.4 is 36.2 Å². The molecule has 0 saturated carbocycles. The molecule has 3 aliphatic heterocycles. The van der Waals surface area contributed by atoms with Crippen LogP contribution in [0.5, 0.6) is 5.75 Å². The summed E-state index contributed by atoms with van der Waals surface area (Å²) >= 11 is 3.54. The lowest BCUT2D eigenvalue weighted by Crippen LogP contribution is -2.51. The molecule has 3 saturated heterocycles. The third kappa shape index (κ3) is 10.3. The lowest BCUT2D eigenvalue weighted by Gasteiger charge is -2.38. The number of amides is 4. The highest BCUT2D eigenvalue weighted by Crippen LogP contribution is 2.34. The molecule has 4 heterocycles. The zero-order valence-corrected chi connectivity index (χ0v) is 36.0. The van der Waals surface area contributed by atoms with Gasteiger partial charge in [-0.15, -0.1) is 0 Å². The van der Waals surface area contributed by atoms with E-state index in [-0.39, 0.29) is 23.6 Å². The molecule has 0 radical (unpaired) electrons. The number of benzene rings is 4. The summed E-state index contributed by atoms with van der Waals surface area (Å²) in [5.41, 5.74) is 5.54. The Kier molecular flexibility index (Phi) is 13.2. The second-order valence-electron chi connectivity index (χ2n) is 15.6. The number of hydrogen-bond donors (Lipinski definition) is 5. The van der Waals surface area contributed by atoms with Crippen LogP contribution in [0.4, 0.5) is 40.2 Å². The maximum atomic E-state index is 13.4. The fraction of sp³-hybridized carbons (Fsp3) is 0.304. The van der Waals surface area contributed by atoms with E-state index in [9.17, 15) is 19.2 Å². The number of imide groups is 1. The molecule has 4 amide bonds. The molecule has 8 rings (SSSR count). The molecule has 320 valence electrons. The normalized spacial score (nSPS) is 17.2. The summed E-state index contributed by atoms with van der Waals surface area (Å²) < 4.78 is 6.42. The van der Waals surface area contributed by atoms with Crippen molar-refractivity contribution >= 4 is 79.8 Å². The van der Waals surface area contributed by atoms with Crippen molar-refractivity contribution in [1.29, 1.82) is 0 Å². The Hall–Kier alpha value is -6.52. The summed E-state index contributed by atoms with van der Waals surface area (Å²) in [6, 6.07) is 30.3. The molecule has 3 fully saturated rings. The number of carbonyl (C=O) groups excluding carboxylic acids is 4. The molecule has 0 spiro atoms. The number of piperidine rings is 2. The third-order valence-electron chi connectivity index (χ3n) is 11.5. The van der Waals surface area contributed by atoms with Gasteiger partial charge in [-0.05, 0) is 108 Å². The third-order valence-corrected chi connectivity index (χ3v) is 12.1. The Bertz CT molecular complexity index is 2400. The van der Waals surface area contributed by atoms with E-state index >= 15 is 0 Å². The van der Waals surface area contributed by atoms with E-state index in [1.54, 1.807) is 19.4 Å². The SMILES string of the molecule is COc1cc(N2CCN(C(=O)CN3CCC(c4ccc(NC5CCC(=O)NC5=O)cc4)CC3)CC2)ccc1Nc1ncc(Br)c(Nc2ccccc2C(=O)Nc2ccccc2)n1. The number of nitrogens with zero attached hydrogens (tertiary/aromatic N) is 5. The molecule has 1 unspecified atom stereocenters. The van der Waals surface area contributed by atoms with Gasteiger partial charge in [0.2, 0.25) is 23.7 Å². The fourth-order valence-corrected chi connectivity index (χ4v) is 8.36. The number of halogens is 1. The minimum absolute atomic E-state index is 0.159. The summed E-state index contributed by atoms with van der Waals surface area (Å²) in [5.74, 6) is 1.25. The highest BCUT2D eigenvalue weighted by molar-refractivity contribution is 9.10. The number of ether oxygens (including phenoxy) is 1. The first-order valence-corrected chi connectivity index (χ1v) is 21.6. The number of anilines is 7. The number of para-hydroxylation sites is 2. The maximum absolute atomic E-state index is 13.4. The predicted molar refractivity (Wildman–Crippen MR) is 244 cm³/mol. The van der Waals surface area contributed by atoms with Crippen LogP contribution in [0.2, 0.25) is 0 Å². The second-order valence-corrected chi connectivity index (χ2v) is 16.4. The monoisotopic (exact) mass is 900 g/mol. The Morgan fingerprint density at radius 1 is 0.823 bits per heavy atom. The number of aromatic nitrogens is 2. The lowest BCUT2D eigenvalue weighted by atomic mass is 9.89. The minimum atomic E-state index is -0.403. The van der Waals surface area contributed by atoms with Crippen LogP contribution in [0, 0.1) is 0 Å². The highest BCUT2D eigenvalue weighted by atomic mass is 79.9. The van der Waals surface area contributed by atoms with Crippen molar-refractivity contribution in [3.8, 4) is 5.75 Å². The van der Waals surface area contributed by atoms with Gasteiger partial charge in [0.25, 0.3) is 5.91 Å². The number of likely N-dealkylation sites (tertiary alicyclic amines) is 1. The van der Waals surface area contributed by atoms with Gasteiger partial charge < -0.3 is 35.8 Å². The highest BCUT2D eigenvalue weighted by Gasteiger charge is 2.28. The summed E-state index contributed by atoms with van der Waals surface area (Å²) in [4.78, 5) is 65.9. The van der Waals surface area contributed by atoms with Gasteiger partial charge in [0.1, 0.15) is 17.6 Å². The standard InChI is InChI=1S/C46H49BrN10O5/c1-62-40-27-34(15-16-38(40)52-46-48-28-36(47)43(54-46)51-37-10-6-5-9-35(37)44(60)50-32-7-3-2-4-8-32)56-23-25-57(26-24-56)42(59)29-55-21-19-31(20-22-55)30-11-13-33(14-12-30)49-39-17-18-41(58)53-45(39)61/h2-16,27-28,31,39,49H,17-26,29H2,1H3,(H,50,60)(H,53,58,61)(H2,48,51,52,54). The number of hydrogen-bond acceptors (Lipinski definition) is 12. The van der Waals surface area contributed by atoms with Crippen LogP contribution >= 0.6 is 15.9 Å². The quantitative estimate of drug-likeness (QED) is 0.0791. The molecule has 16 heteroatoms. The topological polar surface area (TPSA) is 173 Å². The summed E-state index contributed by atoms with van der Waals surface area (Å²) in [6.07, 6.45) is 4.42. The van der Waals surface area contributed by atoms with Crippen molar-refractivity contribution < 1.29 is 23.9 Å². The Balaban J connectivity index is 0.809. The van der Waals surface area contributed by atoms with Crippen LogP contribution in [0.3, 0.4) is 0 Å². The number of carbonyl (C=O) groups is 4. The van der Waals surface area contributed by atoms with E-state index in [0.29, 0.717) is 96.1 Å². The summed E-state index contributed by atoms with van der Waals surface area (Å²) in [6.45, 7) is 4.81. The van der Waals surface area contributed by atoms with E-state index < -0.39 is 6.04 Å². The van der Waals surface area contributed by atoms with E-state index in [1.165, 1.54) is 5.56 Å². The predicted octanol–water partition coefficient (Wildman–Crippen LogP) is 6.73. The molecule has 5 N–H and O–H groups in total. The molecular formula is C46H49BrN10O5. The smallest absolute Gasteiger partial charge is 0.257 e. The Labute approximate surface area is 368 Å². The zero-order valence-electron chi connectivity index (χ0n) is 34.4. The van der Waals surface area contributed by atoms with Gasteiger partial charge in [-0.2, -0.15) is 4.98 Å². The molecular weight excluding hydrogens is 852 g/mol. The van der Waals surface area contributed by atoms with Gasteiger partial charge in [0.05, 0.1) is 35.1 Å². The van der Waals surface area contributed by atoms with Crippen molar-refractivity contribution in [3.05, 3.63) is 119 Å². The molecule has 15 nitrogen and oxygen atoms in total. The molecule has 3 aliphatic rings. The van der Waals surface area contributed by atoms with Gasteiger partial charge >= 0.3 is 0 Å². The number of rotatable bonds is 13. The Morgan fingerprint density at radius 3 is 2.31 bits per heavy atom.